The van der Waals surface area contributed by atoms with Crippen LogP contribution in [0.15, 0.2) is 12.1 Å². The molecule has 0 bridgehead atoms. The third kappa shape index (κ3) is 11.9. The Bertz CT molecular complexity index is 565. The topological polar surface area (TPSA) is 82.1 Å². The summed E-state index contributed by atoms with van der Waals surface area (Å²) in [6.07, 6.45) is 0.530. The molecule has 0 spiro atoms. The second kappa shape index (κ2) is 11.2. The van der Waals surface area contributed by atoms with E-state index in [0.717, 1.165) is 7.26 Å². The van der Waals surface area contributed by atoms with Gasteiger partial charge in [-0.05, 0) is 0 Å². The number of thiophene rings is 1. The van der Waals surface area contributed by atoms with Crippen LogP contribution >= 0.6 is 19.2 Å². The van der Waals surface area contributed by atoms with Crippen molar-refractivity contribution in [3.63, 3.8) is 0 Å². The molecule has 7 nitrogen and oxygen atoms in total. The molecule has 0 fully saturated rings. The van der Waals surface area contributed by atoms with Crippen LogP contribution in [-0.4, -0.2) is 56.2 Å². The summed E-state index contributed by atoms with van der Waals surface area (Å²) in [7, 11) is 1.93. The van der Waals surface area contributed by atoms with Crippen molar-refractivity contribution in [2.45, 2.75) is 13.3 Å². The minimum atomic E-state index is -4.00. The zero-order valence-electron chi connectivity index (χ0n) is 14.4. The molecule has 0 aliphatic heterocycles. The van der Waals surface area contributed by atoms with Gasteiger partial charge >= 0.3 is 154 Å². The summed E-state index contributed by atoms with van der Waals surface area (Å²) in [5.74, 6) is -0.225. The number of carbonyl (C=O) groups excluding carboxylic acids is 1. The van der Waals surface area contributed by atoms with Crippen molar-refractivity contribution < 1.29 is 67.9 Å². The second-order valence-corrected chi connectivity index (χ2v) is 16.0. The predicted molar refractivity (Wildman–Crippen MR) is 84.1 cm³/mol. The molecule has 1 atom stereocenters. The monoisotopic (exact) mass is 589 g/mol. The quantitative estimate of drug-likeness (QED) is 0.200. The number of phosphoric ester groups is 1. The average molecular weight is 588 g/mol. The minimum Gasteiger partial charge on any atom is -1.00 e. The Morgan fingerprint density at radius 1 is 1.29 bits per heavy atom. The Morgan fingerprint density at radius 2 is 1.92 bits per heavy atom. The van der Waals surface area contributed by atoms with Crippen molar-refractivity contribution in [1.29, 1.82) is 0 Å². The van der Waals surface area contributed by atoms with Gasteiger partial charge in [-0.25, -0.2) is 0 Å². The summed E-state index contributed by atoms with van der Waals surface area (Å²) >= 11 is -0.198. The molecule has 0 aliphatic carbocycles. The van der Waals surface area contributed by atoms with E-state index in [-0.39, 0.29) is 31.6 Å². The molecule has 0 aromatic carbocycles. The molecule has 24 heavy (non-hydrogen) atoms. The summed E-state index contributed by atoms with van der Waals surface area (Å²) in [5, 5.41) is 0. The molecular formula is C13H23ClHgNO6PS. The van der Waals surface area contributed by atoms with Crippen molar-refractivity contribution >= 4 is 27.5 Å². The number of hydrogen-bond donors (Lipinski definition) is 1. The van der Waals surface area contributed by atoms with E-state index >= 15 is 0 Å². The van der Waals surface area contributed by atoms with Gasteiger partial charge in [0.15, 0.2) is 0 Å². The first-order valence-electron chi connectivity index (χ1n) is 7.21. The maximum atomic E-state index is 11.7. The number of hydrogen-bond acceptors (Lipinski definition) is 6. The van der Waals surface area contributed by atoms with Crippen LogP contribution in [0.2, 0.25) is 0 Å². The number of carbonyl (C=O) groups is 1. The van der Waals surface area contributed by atoms with Crippen LogP contribution < -0.4 is 14.8 Å². The fourth-order valence-electron chi connectivity index (χ4n) is 1.54. The van der Waals surface area contributed by atoms with Crippen molar-refractivity contribution in [1.82, 2.24) is 0 Å². The smallest absolute Gasteiger partial charge is 1.00 e. The third-order valence-electron chi connectivity index (χ3n) is 2.75. The Labute approximate surface area is 166 Å². The molecule has 11 heteroatoms. The zero-order valence-corrected chi connectivity index (χ0v) is 22.3. The summed E-state index contributed by atoms with van der Waals surface area (Å²) in [5.41, 5.74) is 0. The molecule has 1 aromatic rings. The van der Waals surface area contributed by atoms with E-state index in [4.69, 9.17) is 11.7 Å². The third-order valence-corrected chi connectivity index (χ3v) is 11.7. The van der Waals surface area contributed by atoms with Crippen LogP contribution in [0.3, 0.4) is 0 Å². The van der Waals surface area contributed by atoms with Gasteiger partial charge in [0.25, 0.3) is 0 Å². The summed E-state index contributed by atoms with van der Waals surface area (Å²) in [6.45, 7) is 2.31. The van der Waals surface area contributed by atoms with Crippen molar-refractivity contribution in [2.24, 2.45) is 0 Å². The minimum absolute atomic E-state index is 0. The number of halogens is 1. The molecule has 1 heterocycles. The van der Waals surface area contributed by atoms with Crippen LogP contribution in [0.4, 0.5) is 0 Å². The molecule has 136 valence electrons. The molecule has 0 aliphatic rings. The molecule has 0 saturated heterocycles. The van der Waals surface area contributed by atoms with Gasteiger partial charge in [-0.3, -0.25) is 0 Å². The zero-order chi connectivity index (χ0) is 17.5. The molecule has 1 rings (SSSR count). The molecule has 0 amide bonds. The van der Waals surface area contributed by atoms with Gasteiger partial charge in [-0.2, -0.15) is 0 Å². The van der Waals surface area contributed by atoms with E-state index in [2.05, 4.69) is 0 Å². The summed E-state index contributed by atoms with van der Waals surface area (Å²) in [4.78, 5) is 21.4. The Hall–Kier alpha value is 0.465. The molecule has 1 N–H and O–H groups in total. The maximum absolute atomic E-state index is 11.7. The fraction of sp³-hybridized carbons (Fsp3) is 0.615. The van der Waals surface area contributed by atoms with Crippen LogP contribution in [-0.2, 0) is 52.5 Å². The van der Waals surface area contributed by atoms with Crippen LogP contribution in [0.1, 0.15) is 11.8 Å². The predicted octanol–water partition coefficient (Wildman–Crippen LogP) is -1.68. The van der Waals surface area contributed by atoms with E-state index in [1.807, 2.05) is 33.3 Å². The first kappa shape index (κ1) is 24.5. The van der Waals surface area contributed by atoms with Crippen molar-refractivity contribution in [3.05, 3.63) is 17.0 Å². The van der Waals surface area contributed by atoms with Crippen molar-refractivity contribution in [2.75, 3.05) is 40.9 Å². The van der Waals surface area contributed by atoms with Gasteiger partial charge in [0, 0.05) is 0 Å². The molecular weight excluding hydrogens is 565 g/mol. The van der Waals surface area contributed by atoms with Crippen LogP contribution in [0.5, 0.6) is 0 Å². The first-order valence-corrected chi connectivity index (χ1v) is 14.5. The van der Waals surface area contributed by atoms with Crippen LogP contribution in [0, 0.1) is 0 Å². The number of quaternary nitrogens is 1. The van der Waals surface area contributed by atoms with Gasteiger partial charge in [0.1, 0.15) is 0 Å². The Morgan fingerprint density at radius 3 is 2.50 bits per heavy atom. The number of nitrogens with zero attached hydrogens (tertiary/aromatic N) is 1. The largest absolute Gasteiger partial charge is 1.00 e. The summed E-state index contributed by atoms with van der Waals surface area (Å²) in [6, 6.07) is 3.90. The van der Waals surface area contributed by atoms with Gasteiger partial charge in [-0.15, -0.1) is 0 Å². The molecule has 1 aromatic heterocycles. The van der Waals surface area contributed by atoms with E-state index < -0.39 is 32.9 Å². The first-order chi connectivity index (χ1) is 10.6. The fourth-order valence-corrected chi connectivity index (χ4v) is 8.64. The van der Waals surface area contributed by atoms with Gasteiger partial charge < -0.3 is 12.4 Å². The van der Waals surface area contributed by atoms with E-state index in [1.54, 1.807) is 11.3 Å². The Balaban J connectivity index is 0.00000529. The average Bonchev–Trinajstić information content (AvgIpc) is 2.82. The molecule has 0 radical (unpaired) electrons. The molecule has 0 saturated carbocycles. The number of phosphoric acid groups is 1. The number of rotatable bonds is 10. The van der Waals surface area contributed by atoms with Gasteiger partial charge in [0.05, 0.1) is 0 Å². The summed E-state index contributed by atoms with van der Waals surface area (Å²) < 4.78 is 28.6. The van der Waals surface area contributed by atoms with E-state index in [9.17, 15) is 14.3 Å². The SMILES string of the molecule is CC(=O)[O][Hg][c]1ccc(CCOP(=O)(O)OCC[N+](C)(C)C)s1.[Cl-]. The van der Waals surface area contributed by atoms with Crippen LogP contribution in [0.25, 0.3) is 0 Å². The van der Waals surface area contributed by atoms with E-state index in [1.165, 1.54) is 6.92 Å². The second-order valence-electron chi connectivity index (χ2n) is 6.05. The molecule has 1 unspecified atom stereocenters. The normalized spacial score (nSPS) is 13.5. The Kier molecular flexibility index (Phi) is 11.5. The van der Waals surface area contributed by atoms with E-state index in [0.29, 0.717) is 17.4 Å². The standard InChI is InChI=1S/C11H19NO4PS.C2H4O2.ClH.Hg/c1-12(2,3)7-9-16-17(13,14)15-8-6-11-5-4-10-18-11;1-2(3)4;;/h4-5H,6-9H2,1-3H3;1H3,(H,3,4);1H;/q;;;+1/p-1. The maximum Gasteiger partial charge on any atom is -1.00 e. The number of likely N-dealkylation sites (N-methyl/N-ethyl adjacent to an activating group) is 1. The van der Waals surface area contributed by atoms with Gasteiger partial charge in [0.2, 0.25) is 0 Å². The van der Waals surface area contributed by atoms with Gasteiger partial charge in [-0.1, -0.05) is 0 Å². The van der Waals surface area contributed by atoms with Crippen molar-refractivity contribution in [3.8, 4) is 0 Å².